The van der Waals surface area contributed by atoms with Crippen LogP contribution in [0.15, 0.2) is 93.9 Å². The first kappa shape index (κ1) is 26.0. The van der Waals surface area contributed by atoms with Gasteiger partial charge in [0.2, 0.25) is 11.9 Å². The van der Waals surface area contributed by atoms with Crippen molar-refractivity contribution >= 4 is 52.7 Å². The zero-order chi connectivity index (χ0) is 25.7. The maximum atomic E-state index is 12.0. The van der Waals surface area contributed by atoms with E-state index >= 15 is 0 Å². The predicted octanol–water partition coefficient (Wildman–Crippen LogP) is 4.68. The van der Waals surface area contributed by atoms with Crippen LogP contribution in [0.4, 0.5) is 0 Å². The molecule has 0 radical (unpaired) electrons. The van der Waals surface area contributed by atoms with Gasteiger partial charge in [0.15, 0.2) is 6.04 Å². The maximum absolute atomic E-state index is 12.0. The van der Waals surface area contributed by atoms with E-state index in [9.17, 15) is 9.90 Å². The summed E-state index contributed by atoms with van der Waals surface area (Å²) in [6, 6.07) is 23.7. The lowest BCUT2D eigenvalue weighted by atomic mass is 9.91. The van der Waals surface area contributed by atoms with Crippen molar-refractivity contribution in [2.24, 2.45) is 15.8 Å². The molecule has 1 aliphatic rings. The normalized spacial score (nSPS) is 17.4. The quantitative estimate of drug-likeness (QED) is 0.229. The minimum absolute atomic E-state index is 0.0708. The van der Waals surface area contributed by atoms with Crippen molar-refractivity contribution in [1.29, 1.82) is 0 Å². The molecule has 0 unspecified atom stereocenters. The first-order valence-electron chi connectivity index (χ1n) is 11.2. The number of aliphatic hydroxyl groups is 1. The van der Waals surface area contributed by atoms with Crippen molar-refractivity contribution in [2.75, 3.05) is 6.54 Å². The molecule has 10 heteroatoms. The predicted molar refractivity (Wildman–Crippen MR) is 146 cm³/mol. The van der Waals surface area contributed by atoms with Crippen LogP contribution in [0.1, 0.15) is 24.0 Å². The van der Waals surface area contributed by atoms with Crippen molar-refractivity contribution < 1.29 is 9.90 Å². The summed E-state index contributed by atoms with van der Waals surface area (Å²) in [4.78, 5) is 17.4. The molecule has 0 spiro atoms. The number of benzene rings is 3. The maximum Gasteiger partial charge on any atom is 0.245 e. The van der Waals surface area contributed by atoms with Crippen LogP contribution in [0.2, 0.25) is 10.0 Å². The van der Waals surface area contributed by atoms with Crippen LogP contribution in [-0.4, -0.2) is 46.4 Å². The Balaban J connectivity index is 1.72. The van der Waals surface area contributed by atoms with Gasteiger partial charge in [-0.05, 0) is 66.4 Å². The standard InChI is InChI=1S/C26H25Cl2N5O2S/c1-16(34)23(25(29)35)30-26(32-36-21-13-11-20(28)12-14-21)33-15-22(17-5-3-2-4-6-17)24(31-33)18-7-9-19(27)10-8-18/h2-14,16,22-23,34H,15H2,1H3,(H2,29,35)(H,30,32)/t16-,22-,23+/m1/s1. The van der Waals surface area contributed by atoms with Gasteiger partial charge < -0.3 is 10.8 Å². The van der Waals surface area contributed by atoms with Crippen molar-refractivity contribution in [1.82, 2.24) is 9.73 Å². The van der Waals surface area contributed by atoms with Crippen molar-refractivity contribution in [3.05, 3.63) is 100 Å². The lowest BCUT2D eigenvalue weighted by Crippen LogP contribution is -2.41. The van der Waals surface area contributed by atoms with Crippen molar-refractivity contribution in [2.45, 2.75) is 29.9 Å². The topological polar surface area (TPSA) is 103 Å². The number of hydrogen-bond donors (Lipinski definition) is 3. The first-order chi connectivity index (χ1) is 17.3. The van der Waals surface area contributed by atoms with Gasteiger partial charge in [0.1, 0.15) is 0 Å². The van der Waals surface area contributed by atoms with Crippen LogP contribution in [0.3, 0.4) is 0 Å². The number of hydrogen-bond acceptors (Lipinski definition) is 5. The number of amides is 1. The van der Waals surface area contributed by atoms with E-state index in [1.807, 2.05) is 66.7 Å². The van der Waals surface area contributed by atoms with E-state index in [1.165, 1.54) is 18.9 Å². The molecule has 1 aliphatic heterocycles. The number of halogens is 2. The highest BCUT2D eigenvalue weighted by molar-refractivity contribution is 7.98. The molecule has 0 saturated carbocycles. The number of hydrazone groups is 1. The SMILES string of the molecule is C[C@@H](O)[C@H](N=C(NSc1ccc(Cl)cc1)N1C[C@H](c2ccccc2)C(c2ccc(Cl)cc2)=N1)C(N)=O. The second-order valence-corrected chi connectivity index (χ2v) is 9.99. The summed E-state index contributed by atoms with van der Waals surface area (Å²) in [5.41, 5.74) is 8.37. The average Bonchev–Trinajstić information content (AvgIpc) is 3.31. The molecule has 1 heterocycles. The highest BCUT2D eigenvalue weighted by atomic mass is 35.5. The van der Waals surface area contributed by atoms with Crippen molar-refractivity contribution in [3.63, 3.8) is 0 Å². The minimum Gasteiger partial charge on any atom is -0.391 e. The molecule has 0 bridgehead atoms. The third-order valence-electron chi connectivity index (χ3n) is 5.58. The molecule has 3 atom stereocenters. The number of nitrogens with zero attached hydrogens (tertiary/aromatic N) is 3. The molecule has 36 heavy (non-hydrogen) atoms. The van der Waals surface area contributed by atoms with Gasteiger partial charge in [-0.3, -0.25) is 9.52 Å². The summed E-state index contributed by atoms with van der Waals surface area (Å²) < 4.78 is 3.19. The molecule has 4 N–H and O–H groups in total. The molecule has 0 aliphatic carbocycles. The Labute approximate surface area is 224 Å². The molecule has 3 aromatic rings. The fourth-order valence-corrected chi connectivity index (χ4v) is 4.65. The van der Waals surface area contributed by atoms with Crippen LogP contribution in [0.25, 0.3) is 0 Å². The molecule has 186 valence electrons. The minimum atomic E-state index is -1.15. The number of aliphatic imine (C=N–C) groups is 1. The summed E-state index contributed by atoms with van der Waals surface area (Å²) in [7, 11) is 0. The van der Waals surface area contributed by atoms with Crippen LogP contribution in [0.5, 0.6) is 0 Å². The van der Waals surface area contributed by atoms with E-state index in [-0.39, 0.29) is 5.92 Å². The van der Waals surface area contributed by atoms with E-state index < -0.39 is 18.1 Å². The number of primary amides is 1. The summed E-state index contributed by atoms with van der Waals surface area (Å²) in [6.07, 6.45) is -1.08. The summed E-state index contributed by atoms with van der Waals surface area (Å²) in [5, 5.41) is 18.0. The number of carbonyl (C=O) groups excluding carboxylic acids is 1. The summed E-state index contributed by atoms with van der Waals surface area (Å²) in [5.74, 6) is -0.510. The number of nitrogens with one attached hydrogen (secondary N) is 1. The molecule has 0 fully saturated rings. The smallest absolute Gasteiger partial charge is 0.245 e. The number of aliphatic hydroxyl groups excluding tert-OH is 1. The zero-order valence-electron chi connectivity index (χ0n) is 19.4. The fourth-order valence-electron chi connectivity index (χ4n) is 3.76. The Bertz CT molecular complexity index is 1250. The van der Waals surface area contributed by atoms with E-state index in [4.69, 9.17) is 34.0 Å². The molecular formula is C26H25Cl2N5O2S. The van der Waals surface area contributed by atoms with Crippen LogP contribution in [-0.2, 0) is 4.79 Å². The van der Waals surface area contributed by atoms with Gasteiger partial charge in [0.05, 0.1) is 18.4 Å². The van der Waals surface area contributed by atoms with Gasteiger partial charge in [-0.25, -0.2) is 10.0 Å². The molecule has 3 aromatic carbocycles. The van der Waals surface area contributed by atoms with Gasteiger partial charge in [-0.15, -0.1) is 0 Å². The molecular weight excluding hydrogens is 517 g/mol. The molecule has 1 amide bonds. The van der Waals surface area contributed by atoms with Crippen LogP contribution in [0, 0.1) is 0 Å². The van der Waals surface area contributed by atoms with E-state index in [2.05, 4.69) is 9.71 Å². The summed E-state index contributed by atoms with van der Waals surface area (Å²) in [6.45, 7) is 1.93. The highest BCUT2D eigenvalue weighted by Gasteiger charge is 2.33. The highest BCUT2D eigenvalue weighted by Crippen LogP contribution is 2.30. The average molecular weight is 542 g/mol. The van der Waals surface area contributed by atoms with E-state index in [0.29, 0.717) is 22.5 Å². The fraction of sp³-hybridized carbons (Fsp3) is 0.192. The van der Waals surface area contributed by atoms with Gasteiger partial charge in [-0.1, -0.05) is 65.7 Å². The zero-order valence-corrected chi connectivity index (χ0v) is 21.7. The Morgan fingerprint density at radius 2 is 1.69 bits per heavy atom. The molecule has 7 nitrogen and oxygen atoms in total. The van der Waals surface area contributed by atoms with Gasteiger partial charge in [0.25, 0.3) is 0 Å². The summed E-state index contributed by atoms with van der Waals surface area (Å²) >= 11 is 13.4. The van der Waals surface area contributed by atoms with Crippen molar-refractivity contribution in [3.8, 4) is 0 Å². The molecule has 4 rings (SSSR count). The van der Waals surface area contributed by atoms with E-state index in [0.717, 1.165) is 21.7 Å². The van der Waals surface area contributed by atoms with Crippen LogP contribution < -0.4 is 10.5 Å². The van der Waals surface area contributed by atoms with Crippen LogP contribution >= 0.6 is 35.1 Å². The Kier molecular flexibility index (Phi) is 8.53. The van der Waals surface area contributed by atoms with Gasteiger partial charge >= 0.3 is 0 Å². The third-order valence-corrected chi connectivity index (χ3v) is 6.88. The Morgan fingerprint density at radius 1 is 1.08 bits per heavy atom. The number of nitrogens with two attached hydrogens (primary N) is 1. The second-order valence-electron chi connectivity index (χ2n) is 8.24. The van der Waals surface area contributed by atoms with E-state index in [1.54, 1.807) is 17.1 Å². The number of rotatable bonds is 7. The lowest BCUT2D eigenvalue weighted by Gasteiger charge is -2.22. The Morgan fingerprint density at radius 3 is 2.28 bits per heavy atom. The monoisotopic (exact) mass is 541 g/mol. The van der Waals surface area contributed by atoms with Gasteiger partial charge in [0, 0.05) is 20.9 Å². The largest absolute Gasteiger partial charge is 0.391 e. The second kappa shape index (κ2) is 11.8. The lowest BCUT2D eigenvalue weighted by molar-refractivity contribution is -0.121. The third kappa shape index (κ3) is 6.39. The molecule has 0 saturated heterocycles. The first-order valence-corrected chi connectivity index (χ1v) is 12.8. The molecule has 0 aromatic heterocycles. The number of carbonyl (C=O) groups is 1. The number of guanidine groups is 1. The van der Waals surface area contributed by atoms with Gasteiger partial charge in [-0.2, -0.15) is 5.10 Å². The Hall–Kier alpha value is -3.04.